The van der Waals surface area contributed by atoms with Gasteiger partial charge in [-0.2, -0.15) is 0 Å². The molecule has 0 rings (SSSR count). The van der Waals surface area contributed by atoms with Crippen LogP contribution in [0.1, 0.15) is 43.1 Å². The maximum Gasteiger partial charge on any atom is 0.0781 e. The number of methoxy groups -OCH3 is 1. The Bertz CT molecular complexity index is 119. The molecule has 0 atom stereocenters. The van der Waals surface area contributed by atoms with Gasteiger partial charge < -0.3 is 27.5 Å². The Labute approximate surface area is 161 Å². The van der Waals surface area contributed by atoms with Crippen molar-refractivity contribution in [2.24, 2.45) is 5.73 Å². The Morgan fingerprint density at radius 2 is 1.29 bits per heavy atom. The van der Waals surface area contributed by atoms with Crippen molar-refractivity contribution in [3.05, 3.63) is 37.3 Å². The SMILES string of the molecule is C.C.C.CC=CNC.CC=COC.CN.CO.[CH-]=CC.[Y]. The zero-order chi connectivity index (χ0) is 14.9. The van der Waals surface area contributed by atoms with Crippen molar-refractivity contribution in [3.8, 4) is 0 Å². The number of rotatable bonds is 2. The van der Waals surface area contributed by atoms with Gasteiger partial charge in [0, 0.05) is 46.9 Å². The van der Waals surface area contributed by atoms with E-state index in [4.69, 9.17) is 11.7 Å². The third kappa shape index (κ3) is 428. The molecule has 0 aliphatic rings. The van der Waals surface area contributed by atoms with Gasteiger partial charge in [0.1, 0.15) is 0 Å². The van der Waals surface area contributed by atoms with Crippen LogP contribution >= 0.6 is 0 Å². The van der Waals surface area contributed by atoms with E-state index in [1.54, 1.807) is 20.3 Å². The topological polar surface area (TPSA) is 67.5 Å². The smallest absolute Gasteiger partial charge is 0.0781 e. The van der Waals surface area contributed by atoms with Crippen LogP contribution in [0.2, 0.25) is 0 Å². The van der Waals surface area contributed by atoms with E-state index in [-0.39, 0.29) is 55.0 Å². The Morgan fingerprint density at radius 1 is 1.00 bits per heavy atom. The Balaban J connectivity index is -0.0000000123. The first kappa shape index (κ1) is 58.5. The van der Waals surface area contributed by atoms with Gasteiger partial charge in [-0.1, -0.05) is 41.4 Å². The fourth-order valence-corrected chi connectivity index (χ4v) is 0.303. The van der Waals surface area contributed by atoms with Crippen LogP contribution in [0.25, 0.3) is 0 Å². The standard InChI is InChI=1S/C4H9N.C4H8O.C3H5.CH5N.CH4O.3CH4.Y/c2*1-3-4-5-2;1-3-2;2*1-2;;;;/h3-5H,1-2H3;3-4H,1-2H3;1,3H,2H3;2H2,1H3;2H,1H3;3*1H4;/q;;-1;;;;;;. The van der Waals surface area contributed by atoms with Gasteiger partial charge >= 0.3 is 0 Å². The third-order valence-electron chi connectivity index (χ3n) is 0.605. The number of allylic oxidation sites excluding steroid dienone is 3. The molecule has 0 saturated heterocycles. The summed E-state index contributed by atoms with van der Waals surface area (Å²) in [5, 5.41) is 9.84. The van der Waals surface area contributed by atoms with Crippen LogP contribution in [0, 0.1) is 6.58 Å². The molecule has 0 saturated carbocycles. The van der Waals surface area contributed by atoms with E-state index < -0.39 is 0 Å². The van der Waals surface area contributed by atoms with E-state index in [2.05, 4.69) is 15.8 Å². The predicted molar refractivity (Wildman–Crippen MR) is 98.7 cm³/mol. The monoisotopic (exact) mass is 384 g/mol. The van der Waals surface area contributed by atoms with Crippen molar-refractivity contribution in [1.29, 1.82) is 0 Å². The second-order valence-electron chi connectivity index (χ2n) is 1.83. The number of hydrogen-bond donors (Lipinski definition) is 3. The van der Waals surface area contributed by atoms with E-state index in [9.17, 15) is 0 Å². The molecule has 0 aromatic rings. The normalized spacial score (nSPS) is 5.57. The second kappa shape index (κ2) is 150. The Morgan fingerprint density at radius 3 is 1.29 bits per heavy atom. The molecule has 0 aliphatic carbocycles. The van der Waals surface area contributed by atoms with Gasteiger partial charge in [-0.25, -0.2) is 0 Å². The first-order valence-corrected chi connectivity index (χ1v) is 5.19. The molecule has 133 valence electrons. The average Bonchev–Trinajstić information content (AvgIpc) is 2.38. The molecule has 1 radical (unpaired) electrons. The second-order valence-corrected chi connectivity index (χ2v) is 1.83. The van der Waals surface area contributed by atoms with Crippen molar-refractivity contribution in [3.63, 3.8) is 0 Å². The molecule has 0 heterocycles. The van der Waals surface area contributed by atoms with E-state index in [0.717, 1.165) is 7.11 Å². The van der Waals surface area contributed by atoms with E-state index in [1.807, 2.05) is 39.2 Å². The zero-order valence-corrected chi connectivity index (χ0v) is 15.8. The van der Waals surface area contributed by atoms with Crippen molar-refractivity contribution < 1.29 is 42.6 Å². The minimum absolute atomic E-state index is 0. The number of nitrogens with two attached hydrogens (primary N) is 1. The van der Waals surface area contributed by atoms with E-state index in [0.29, 0.717) is 0 Å². The molecule has 5 heteroatoms. The van der Waals surface area contributed by atoms with Gasteiger partial charge in [0.25, 0.3) is 0 Å². The quantitative estimate of drug-likeness (QED) is 0.497. The molecule has 0 aromatic heterocycles. The van der Waals surface area contributed by atoms with Gasteiger partial charge in [-0.3, -0.25) is 6.08 Å². The summed E-state index contributed by atoms with van der Waals surface area (Å²) in [7, 11) is 6.00. The zero-order valence-electron chi connectivity index (χ0n) is 13.0. The van der Waals surface area contributed by atoms with Gasteiger partial charge in [0.05, 0.1) is 13.4 Å². The van der Waals surface area contributed by atoms with Crippen molar-refractivity contribution in [1.82, 2.24) is 5.32 Å². The summed E-state index contributed by atoms with van der Waals surface area (Å²) < 4.78 is 4.51. The number of nitrogens with one attached hydrogen (secondary N) is 1. The van der Waals surface area contributed by atoms with Crippen LogP contribution in [0.4, 0.5) is 0 Å². The van der Waals surface area contributed by atoms with Gasteiger partial charge in [-0.05, 0) is 27.1 Å². The molecule has 0 spiro atoms. The summed E-state index contributed by atoms with van der Waals surface area (Å²) in [6.45, 7) is 10.4. The van der Waals surface area contributed by atoms with Crippen molar-refractivity contribution in [2.75, 3.05) is 28.3 Å². The maximum atomic E-state index is 7.00. The first-order valence-electron chi connectivity index (χ1n) is 5.19. The summed E-state index contributed by atoms with van der Waals surface area (Å²) in [4.78, 5) is 0. The van der Waals surface area contributed by atoms with Crippen LogP contribution < -0.4 is 11.1 Å². The van der Waals surface area contributed by atoms with Gasteiger partial charge in [0.15, 0.2) is 0 Å². The predicted octanol–water partition coefficient (Wildman–Crippen LogP) is 3.99. The van der Waals surface area contributed by atoms with Crippen LogP contribution in [-0.4, -0.2) is 33.4 Å². The number of aliphatic hydroxyl groups excluding tert-OH is 1. The number of aliphatic hydroxyl groups is 1. The van der Waals surface area contributed by atoms with Gasteiger partial charge in [-0.15, -0.1) is 0 Å². The van der Waals surface area contributed by atoms with Crippen LogP contribution in [-0.2, 0) is 37.4 Å². The molecule has 0 fully saturated rings. The third-order valence-corrected chi connectivity index (χ3v) is 0.605. The van der Waals surface area contributed by atoms with Crippen molar-refractivity contribution in [2.45, 2.75) is 43.1 Å². The van der Waals surface area contributed by atoms with E-state index >= 15 is 0 Å². The van der Waals surface area contributed by atoms with Crippen LogP contribution in [0.5, 0.6) is 0 Å². The first-order chi connectivity index (χ1) is 8.24. The molecule has 0 unspecified atom stereocenters. The summed E-state index contributed by atoms with van der Waals surface area (Å²) in [6, 6.07) is 0. The summed E-state index contributed by atoms with van der Waals surface area (Å²) >= 11 is 0. The molecule has 0 bridgehead atoms. The maximum absolute atomic E-state index is 7.00. The molecule has 0 amide bonds. The number of ether oxygens (including phenoxy) is 1. The molecule has 0 aromatic carbocycles. The molecule has 21 heavy (non-hydrogen) atoms. The Hall–Kier alpha value is -0.156. The number of hydrogen-bond acceptors (Lipinski definition) is 4. The molecule has 4 nitrogen and oxygen atoms in total. The fourth-order valence-electron chi connectivity index (χ4n) is 0.303. The summed E-state index contributed by atoms with van der Waals surface area (Å²) in [5.74, 6) is 0. The van der Waals surface area contributed by atoms with E-state index in [1.165, 1.54) is 13.1 Å². The summed E-state index contributed by atoms with van der Waals surface area (Å²) in [6.07, 6.45) is 8.78. The van der Waals surface area contributed by atoms with Gasteiger partial charge in [0.2, 0.25) is 0 Å². The summed E-state index contributed by atoms with van der Waals surface area (Å²) in [5.41, 5.74) is 4.50. The minimum Gasteiger partial charge on any atom is -0.518 e. The fraction of sp³-hybridized carbons (Fsp3) is 0.625. The molecular formula is C16H43N2O2Y-. The molecular weight excluding hydrogens is 341 g/mol. The minimum atomic E-state index is 0. The Kier molecular flexibility index (Phi) is 419. The van der Waals surface area contributed by atoms with Crippen LogP contribution in [0.3, 0.4) is 0 Å². The average molecular weight is 384 g/mol. The molecule has 4 N–H and O–H groups in total. The largest absolute Gasteiger partial charge is 0.518 e. The molecule has 0 aliphatic heterocycles. The van der Waals surface area contributed by atoms with Crippen molar-refractivity contribution >= 4 is 0 Å². The van der Waals surface area contributed by atoms with Crippen LogP contribution in [0.15, 0.2) is 30.7 Å².